The fourth-order valence-corrected chi connectivity index (χ4v) is 2.94. The highest BCUT2D eigenvalue weighted by Crippen LogP contribution is 2.41. The Morgan fingerprint density at radius 1 is 1.10 bits per heavy atom. The summed E-state index contributed by atoms with van der Waals surface area (Å²) in [5, 5.41) is 2.68. The molecule has 1 N–H and O–H groups in total. The van der Waals surface area contributed by atoms with Crippen LogP contribution in [0.4, 0.5) is 0 Å². The summed E-state index contributed by atoms with van der Waals surface area (Å²) in [4.78, 5) is 11.8. The fourth-order valence-electron chi connectivity index (χ4n) is 2.94. The number of benzene rings is 2. The van der Waals surface area contributed by atoms with Crippen molar-refractivity contribution in [2.24, 2.45) is 0 Å². The molecule has 2 aromatic carbocycles. The van der Waals surface area contributed by atoms with Crippen LogP contribution in [0.5, 0.6) is 23.0 Å². The van der Waals surface area contributed by atoms with Crippen LogP contribution in [0.2, 0.25) is 0 Å². The average Bonchev–Trinajstić information content (AvgIpc) is 3.04. The minimum absolute atomic E-state index is 0.0756. The van der Waals surface area contributed by atoms with E-state index in [1.54, 1.807) is 31.4 Å². The zero-order valence-corrected chi connectivity index (χ0v) is 16.9. The van der Waals surface area contributed by atoms with Crippen molar-refractivity contribution in [2.75, 3.05) is 26.9 Å². The van der Waals surface area contributed by atoms with Gasteiger partial charge in [-0.05, 0) is 44.2 Å². The van der Waals surface area contributed by atoms with Gasteiger partial charge in [-0.3, -0.25) is 4.79 Å². The Kier molecular flexibility index (Phi) is 6.50. The van der Waals surface area contributed by atoms with Gasteiger partial charge >= 0.3 is 0 Å². The monoisotopic (exact) mass is 395 g/mol. The first-order valence-electron chi connectivity index (χ1n) is 9.40. The number of carbonyl (C=O) groups is 1. The summed E-state index contributed by atoms with van der Waals surface area (Å²) >= 11 is 0. The van der Waals surface area contributed by atoms with Gasteiger partial charge in [0.15, 0.2) is 18.1 Å². The Balaban J connectivity index is 1.37. The third kappa shape index (κ3) is 5.82. The van der Waals surface area contributed by atoms with Crippen LogP contribution in [0.1, 0.15) is 19.4 Å². The first kappa shape index (κ1) is 20.4. The molecule has 1 heterocycles. The van der Waals surface area contributed by atoms with Crippen molar-refractivity contribution in [2.45, 2.75) is 25.9 Å². The number of fused-ring (bicyclic) bond motifs is 1. The number of hydrogen-bond acceptors (Lipinski definition) is 5. The standard InChI is InChI=1S/C23H25NO5/c1-23(2)15-17-7-6-8-20(22(17)29-23)27-14-5-4-13-24-21(25)16-28-19-11-9-18(26-3)10-12-19/h6-12H,13-16H2,1-3H3,(H,24,25). The minimum Gasteiger partial charge on any atom is -0.497 e. The maximum Gasteiger partial charge on any atom is 0.258 e. The molecule has 0 aliphatic carbocycles. The number of amides is 1. The zero-order chi connectivity index (χ0) is 20.7. The third-order valence-electron chi connectivity index (χ3n) is 4.28. The predicted molar refractivity (Wildman–Crippen MR) is 110 cm³/mol. The van der Waals surface area contributed by atoms with Crippen LogP contribution in [-0.2, 0) is 11.2 Å². The summed E-state index contributed by atoms with van der Waals surface area (Å²) in [6.45, 7) is 4.48. The number of rotatable bonds is 7. The van der Waals surface area contributed by atoms with Gasteiger partial charge in [0.2, 0.25) is 0 Å². The first-order valence-corrected chi connectivity index (χ1v) is 9.40. The number of para-hydroxylation sites is 1. The lowest BCUT2D eigenvalue weighted by Crippen LogP contribution is -2.29. The Bertz CT molecular complexity index is 909. The Hall–Kier alpha value is -3.33. The number of carbonyl (C=O) groups excluding carboxylic acids is 1. The lowest BCUT2D eigenvalue weighted by atomic mass is 10.0. The second-order valence-corrected chi connectivity index (χ2v) is 7.17. The second kappa shape index (κ2) is 9.24. The Morgan fingerprint density at radius 2 is 1.86 bits per heavy atom. The van der Waals surface area contributed by atoms with Crippen LogP contribution in [0, 0.1) is 11.8 Å². The van der Waals surface area contributed by atoms with E-state index in [9.17, 15) is 4.79 Å². The molecule has 0 spiro atoms. The third-order valence-corrected chi connectivity index (χ3v) is 4.28. The van der Waals surface area contributed by atoms with Gasteiger partial charge in [0.25, 0.3) is 5.91 Å². The molecule has 152 valence electrons. The van der Waals surface area contributed by atoms with Crippen molar-refractivity contribution in [1.29, 1.82) is 0 Å². The molecule has 0 fully saturated rings. The SMILES string of the molecule is COc1ccc(OCC(=O)NCC#CCOc2cccc3c2OC(C)(C)C3)cc1. The molecule has 1 amide bonds. The summed E-state index contributed by atoms with van der Waals surface area (Å²) in [5.41, 5.74) is 0.927. The maximum absolute atomic E-state index is 11.8. The molecule has 0 saturated heterocycles. The van der Waals surface area contributed by atoms with Crippen LogP contribution < -0.4 is 24.3 Å². The van der Waals surface area contributed by atoms with E-state index in [0.29, 0.717) is 11.5 Å². The van der Waals surface area contributed by atoms with E-state index in [4.69, 9.17) is 18.9 Å². The van der Waals surface area contributed by atoms with Gasteiger partial charge in [0, 0.05) is 12.0 Å². The van der Waals surface area contributed by atoms with Crippen molar-refractivity contribution < 1.29 is 23.7 Å². The largest absolute Gasteiger partial charge is 0.497 e. The van der Waals surface area contributed by atoms with Gasteiger partial charge < -0.3 is 24.3 Å². The van der Waals surface area contributed by atoms with Crippen LogP contribution >= 0.6 is 0 Å². The number of methoxy groups -OCH3 is 1. The maximum atomic E-state index is 11.8. The van der Waals surface area contributed by atoms with Gasteiger partial charge in [-0.25, -0.2) is 0 Å². The highest BCUT2D eigenvalue weighted by Gasteiger charge is 2.32. The van der Waals surface area contributed by atoms with E-state index in [1.807, 2.05) is 18.2 Å². The van der Waals surface area contributed by atoms with E-state index in [2.05, 4.69) is 31.0 Å². The molecule has 1 aliphatic heterocycles. The lowest BCUT2D eigenvalue weighted by Gasteiger charge is -2.17. The first-order chi connectivity index (χ1) is 14.0. The van der Waals surface area contributed by atoms with Gasteiger partial charge in [0.05, 0.1) is 13.7 Å². The van der Waals surface area contributed by atoms with Crippen molar-refractivity contribution >= 4 is 5.91 Å². The summed E-state index contributed by atoms with van der Waals surface area (Å²) in [7, 11) is 1.59. The minimum atomic E-state index is -0.243. The molecule has 6 heteroatoms. The zero-order valence-electron chi connectivity index (χ0n) is 16.9. The summed E-state index contributed by atoms with van der Waals surface area (Å²) in [6.07, 6.45) is 0.857. The van der Waals surface area contributed by atoms with Crippen LogP contribution in [0.25, 0.3) is 0 Å². The summed E-state index contributed by atoms with van der Waals surface area (Å²) in [5.74, 6) is 8.33. The number of hydrogen-bond donors (Lipinski definition) is 1. The molecular formula is C23H25NO5. The quantitative estimate of drug-likeness (QED) is 0.730. The fraction of sp³-hybridized carbons (Fsp3) is 0.348. The molecule has 3 rings (SSSR count). The molecule has 0 aromatic heterocycles. The van der Waals surface area contributed by atoms with E-state index >= 15 is 0 Å². The smallest absolute Gasteiger partial charge is 0.258 e. The van der Waals surface area contributed by atoms with E-state index in [-0.39, 0.29) is 31.3 Å². The average molecular weight is 395 g/mol. The van der Waals surface area contributed by atoms with Crippen LogP contribution in [0.3, 0.4) is 0 Å². The molecule has 29 heavy (non-hydrogen) atoms. The Labute approximate surface area is 171 Å². The number of nitrogens with one attached hydrogen (secondary N) is 1. The van der Waals surface area contributed by atoms with Gasteiger partial charge in [-0.1, -0.05) is 24.0 Å². The molecule has 0 unspecified atom stereocenters. The van der Waals surface area contributed by atoms with Crippen molar-refractivity contribution in [3.05, 3.63) is 48.0 Å². The van der Waals surface area contributed by atoms with E-state index in [0.717, 1.165) is 23.5 Å². The topological polar surface area (TPSA) is 66.0 Å². The van der Waals surface area contributed by atoms with Crippen molar-refractivity contribution in [3.63, 3.8) is 0 Å². The molecule has 6 nitrogen and oxygen atoms in total. The van der Waals surface area contributed by atoms with E-state index < -0.39 is 0 Å². The Morgan fingerprint density at radius 3 is 2.62 bits per heavy atom. The summed E-state index contributed by atoms with van der Waals surface area (Å²) < 4.78 is 22.2. The second-order valence-electron chi connectivity index (χ2n) is 7.17. The van der Waals surface area contributed by atoms with Crippen LogP contribution in [0.15, 0.2) is 42.5 Å². The predicted octanol–water partition coefficient (Wildman–Crippen LogP) is 2.99. The molecule has 0 atom stereocenters. The highest BCUT2D eigenvalue weighted by atomic mass is 16.5. The van der Waals surface area contributed by atoms with Gasteiger partial charge in [-0.2, -0.15) is 0 Å². The van der Waals surface area contributed by atoms with Crippen molar-refractivity contribution in [3.8, 4) is 34.8 Å². The van der Waals surface area contributed by atoms with Gasteiger partial charge in [0.1, 0.15) is 23.7 Å². The molecular weight excluding hydrogens is 370 g/mol. The molecule has 1 aliphatic rings. The van der Waals surface area contributed by atoms with E-state index in [1.165, 1.54) is 0 Å². The summed E-state index contributed by atoms with van der Waals surface area (Å²) in [6, 6.07) is 12.9. The lowest BCUT2D eigenvalue weighted by molar-refractivity contribution is -0.122. The van der Waals surface area contributed by atoms with Crippen molar-refractivity contribution in [1.82, 2.24) is 5.32 Å². The molecule has 0 radical (unpaired) electrons. The van der Waals surface area contributed by atoms with Gasteiger partial charge in [-0.15, -0.1) is 0 Å². The molecule has 2 aromatic rings. The molecule has 0 saturated carbocycles. The number of ether oxygens (including phenoxy) is 4. The molecule has 0 bridgehead atoms. The normalized spacial score (nSPS) is 13.3. The van der Waals surface area contributed by atoms with Crippen LogP contribution in [-0.4, -0.2) is 38.4 Å². The highest BCUT2D eigenvalue weighted by molar-refractivity contribution is 5.77.